The second-order valence-corrected chi connectivity index (χ2v) is 5.99. The van der Waals surface area contributed by atoms with Crippen LogP contribution in [0.1, 0.15) is 68.0 Å². The van der Waals surface area contributed by atoms with E-state index in [4.69, 9.17) is 4.74 Å². The molecule has 1 aromatic carbocycles. The van der Waals surface area contributed by atoms with E-state index in [-0.39, 0.29) is 0 Å². The van der Waals surface area contributed by atoms with Gasteiger partial charge in [-0.15, -0.1) is 0 Å². The smallest absolute Gasteiger partial charge is 0.122 e. The minimum Gasteiger partial charge on any atom is -0.496 e. The lowest BCUT2D eigenvalue weighted by Gasteiger charge is -2.25. The second kappa shape index (κ2) is 5.96. The Bertz CT molecular complexity index is 417. The molecule has 0 radical (unpaired) electrons. The molecule has 2 fully saturated rings. The van der Waals surface area contributed by atoms with E-state index < -0.39 is 0 Å². The number of piperidine rings is 1. The monoisotopic (exact) mass is 259 g/mol. The van der Waals surface area contributed by atoms with Gasteiger partial charge < -0.3 is 10.1 Å². The summed E-state index contributed by atoms with van der Waals surface area (Å²) < 4.78 is 5.58. The molecule has 1 aliphatic heterocycles. The SMILES string of the molecule is COc1ccc(C2CCCCN2)cc1C1CCCC1. The van der Waals surface area contributed by atoms with E-state index in [2.05, 4.69) is 23.5 Å². The largest absolute Gasteiger partial charge is 0.496 e. The summed E-state index contributed by atoms with van der Waals surface area (Å²) in [6.07, 6.45) is 9.36. The van der Waals surface area contributed by atoms with Gasteiger partial charge in [0.2, 0.25) is 0 Å². The molecule has 3 rings (SSSR count). The highest BCUT2D eigenvalue weighted by atomic mass is 16.5. The van der Waals surface area contributed by atoms with Gasteiger partial charge in [0.15, 0.2) is 0 Å². The lowest BCUT2D eigenvalue weighted by atomic mass is 9.90. The van der Waals surface area contributed by atoms with Crippen LogP contribution in [0.3, 0.4) is 0 Å². The Morgan fingerprint density at radius 1 is 1.05 bits per heavy atom. The molecule has 0 bridgehead atoms. The average molecular weight is 259 g/mol. The fourth-order valence-electron chi connectivity index (χ4n) is 3.66. The van der Waals surface area contributed by atoms with Crippen molar-refractivity contribution in [2.45, 2.75) is 56.9 Å². The van der Waals surface area contributed by atoms with Gasteiger partial charge in [-0.3, -0.25) is 0 Å². The molecule has 1 heterocycles. The molecule has 0 spiro atoms. The maximum absolute atomic E-state index is 5.58. The topological polar surface area (TPSA) is 21.3 Å². The normalized spacial score (nSPS) is 24.6. The fraction of sp³-hybridized carbons (Fsp3) is 0.647. The number of hydrogen-bond acceptors (Lipinski definition) is 2. The van der Waals surface area contributed by atoms with Crippen LogP contribution in [0.15, 0.2) is 18.2 Å². The van der Waals surface area contributed by atoms with Gasteiger partial charge in [0, 0.05) is 6.04 Å². The Morgan fingerprint density at radius 2 is 1.84 bits per heavy atom. The van der Waals surface area contributed by atoms with E-state index in [1.54, 1.807) is 7.11 Å². The van der Waals surface area contributed by atoms with Gasteiger partial charge in [0.25, 0.3) is 0 Å². The first kappa shape index (κ1) is 13.0. The third-order valence-corrected chi connectivity index (χ3v) is 4.76. The first-order chi connectivity index (χ1) is 9.38. The van der Waals surface area contributed by atoms with Crippen LogP contribution < -0.4 is 10.1 Å². The maximum atomic E-state index is 5.58. The van der Waals surface area contributed by atoms with Crippen molar-refractivity contribution in [3.63, 3.8) is 0 Å². The molecule has 1 saturated heterocycles. The highest BCUT2D eigenvalue weighted by Gasteiger charge is 2.23. The van der Waals surface area contributed by atoms with Crippen LogP contribution in [0.25, 0.3) is 0 Å². The van der Waals surface area contributed by atoms with Crippen LogP contribution in [0.2, 0.25) is 0 Å². The molecule has 0 aromatic heterocycles. The third kappa shape index (κ3) is 2.79. The van der Waals surface area contributed by atoms with Crippen molar-refractivity contribution >= 4 is 0 Å². The lowest BCUT2D eigenvalue weighted by molar-refractivity contribution is 0.399. The second-order valence-electron chi connectivity index (χ2n) is 5.99. The van der Waals surface area contributed by atoms with Crippen molar-refractivity contribution in [3.05, 3.63) is 29.3 Å². The van der Waals surface area contributed by atoms with E-state index in [9.17, 15) is 0 Å². The zero-order valence-electron chi connectivity index (χ0n) is 12.0. The van der Waals surface area contributed by atoms with E-state index in [1.165, 1.54) is 56.1 Å². The first-order valence-corrected chi connectivity index (χ1v) is 7.79. The summed E-state index contributed by atoms with van der Waals surface area (Å²) in [5, 5.41) is 3.65. The molecular weight excluding hydrogens is 234 g/mol. The number of ether oxygens (including phenoxy) is 1. The molecule has 1 aromatic rings. The van der Waals surface area contributed by atoms with Crippen molar-refractivity contribution < 1.29 is 4.74 Å². The van der Waals surface area contributed by atoms with Gasteiger partial charge in [-0.2, -0.15) is 0 Å². The predicted octanol–water partition coefficient (Wildman–Crippen LogP) is 4.17. The summed E-state index contributed by atoms with van der Waals surface area (Å²) in [6, 6.07) is 7.40. The Balaban J connectivity index is 1.87. The molecule has 1 N–H and O–H groups in total. The Labute approximate surface area is 116 Å². The zero-order valence-corrected chi connectivity index (χ0v) is 12.0. The maximum Gasteiger partial charge on any atom is 0.122 e. The molecule has 1 aliphatic carbocycles. The van der Waals surface area contributed by atoms with E-state index in [0.717, 1.165) is 18.2 Å². The molecule has 2 nitrogen and oxygen atoms in total. The number of hydrogen-bond donors (Lipinski definition) is 1. The van der Waals surface area contributed by atoms with Gasteiger partial charge >= 0.3 is 0 Å². The Kier molecular flexibility index (Phi) is 4.07. The molecule has 2 heteroatoms. The highest BCUT2D eigenvalue weighted by molar-refractivity contribution is 5.41. The summed E-state index contributed by atoms with van der Waals surface area (Å²) in [5.74, 6) is 1.81. The summed E-state index contributed by atoms with van der Waals surface area (Å²) in [4.78, 5) is 0. The molecule has 1 atom stereocenters. The number of methoxy groups -OCH3 is 1. The van der Waals surface area contributed by atoms with Gasteiger partial charge in [0.1, 0.15) is 5.75 Å². The third-order valence-electron chi connectivity index (χ3n) is 4.76. The summed E-state index contributed by atoms with van der Waals surface area (Å²) in [7, 11) is 1.80. The van der Waals surface area contributed by atoms with E-state index >= 15 is 0 Å². The standard InChI is InChI=1S/C17H25NO/c1-19-17-10-9-14(16-8-4-5-11-18-16)12-15(17)13-6-2-3-7-13/h9-10,12-13,16,18H,2-8,11H2,1H3. The molecule has 104 valence electrons. The van der Waals surface area contributed by atoms with Crippen LogP contribution in [-0.2, 0) is 0 Å². The number of rotatable bonds is 3. The Morgan fingerprint density at radius 3 is 2.53 bits per heavy atom. The zero-order chi connectivity index (χ0) is 13.1. The van der Waals surface area contributed by atoms with Crippen LogP contribution in [0.5, 0.6) is 5.75 Å². The summed E-state index contributed by atoms with van der Waals surface area (Å²) >= 11 is 0. The van der Waals surface area contributed by atoms with E-state index in [0.29, 0.717) is 6.04 Å². The predicted molar refractivity (Wildman–Crippen MR) is 78.8 cm³/mol. The van der Waals surface area contributed by atoms with Crippen LogP contribution >= 0.6 is 0 Å². The first-order valence-electron chi connectivity index (χ1n) is 7.79. The minimum atomic E-state index is 0.555. The van der Waals surface area contributed by atoms with Gasteiger partial charge in [-0.25, -0.2) is 0 Å². The molecule has 2 aliphatic rings. The molecule has 0 amide bonds. The van der Waals surface area contributed by atoms with Crippen molar-refractivity contribution in [2.24, 2.45) is 0 Å². The quantitative estimate of drug-likeness (QED) is 0.879. The minimum absolute atomic E-state index is 0.555. The number of nitrogens with one attached hydrogen (secondary N) is 1. The summed E-state index contributed by atoms with van der Waals surface area (Å²) in [6.45, 7) is 1.16. The van der Waals surface area contributed by atoms with Crippen molar-refractivity contribution in [3.8, 4) is 5.75 Å². The van der Waals surface area contributed by atoms with Crippen molar-refractivity contribution in [1.29, 1.82) is 0 Å². The van der Waals surface area contributed by atoms with Crippen LogP contribution in [0.4, 0.5) is 0 Å². The molecular formula is C17H25NO. The van der Waals surface area contributed by atoms with E-state index in [1.807, 2.05) is 0 Å². The summed E-state index contributed by atoms with van der Waals surface area (Å²) in [5.41, 5.74) is 2.91. The van der Waals surface area contributed by atoms with Gasteiger partial charge in [0.05, 0.1) is 7.11 Å². The highest BCUT2D eigenvalue weighted by Crippen LogP contribution is 2.40. The molecule has 1 saturated carbocycles. The Hall–Kier alpha value is -1.02. The van der Waals surface area contributed by atoms with Crippen LogP contribution in [0, 0.1) is 0 Å². The van der Waals surface area contributed by atoms with Crippen molar-refractivity contribution in [1.82, 2.24) is 5.32 Å². The van der Waals surface area contributed by atoms with Gasteiger partial charge in [-0.05, 0) is 55.3 Å². The van der Waals surface area contributed by atoms with Crippen LogP contribution in [-0.4, -0.2) is 13.7 Å². The van der Waals surface area contributed by atoms with Crippen molar-refractivity contribution in [2.75, 3.05) is 13.7 Å². The molecule has 19 heavy (non-hydrogen) atoms. The average Bonchev–Trinajstić information content (AvgIpc) is 3.01. The lowest BCUT2D eigenvalue weighted by Crippen LogP contribution is -2.26. The molecule has 1 unspecified atom stereocenters. The fourth-order valence-corrected chi connectivity index (χ4v) is 3.66. The number of benzene rings is 1. The van der Waals surface area contributed by atoms with Gasteiger partial charge in [-0.1, -0.05) is 31.4 Å².